The molecular formula is C22H27N3O3S. The molecule has 29 heavy (non-hydrogen) atoms. The first-order chi connectivity index (χ1) is 14.0. The van der Waals surface area contributed by atoms with E-state index in [1.165, 1.54) is 0 Å². The zero-order valence-corrected chi connectivity index (χ0v) is 17.4. The maximum atomic E-state index is 13.0. The fraction of sp³-hybridized carbons (Fsp3) is 0.455. The number of carbonyl (C=O) groups excluding carboxylic acids is 1. The van der Waals surface area contributed by atoms with Gasteiger partial charge in [0.2, 0.25) is 20.9 Å². The molecule has 0 bridgehead atoms. The molecule has 1 heterocycles. The lowest BCUT2D eigenvalue weighted by atomic mass is 10.2. The van der Waals surface area contributed by atoms with Crippen LogP contribution in [0.4, 0.5) is 0 Å². The summed E-state index contributed by atoms with van der Waals surface area (Å²) in [5, 5.41) is 0.0431. The number of aromatic nitrogens is 2. The van der Waals surface area contributed by atoms with Gasteiger partial charge in [0.05, 0.1) is 24.2 Å². The molecule has 0 unspecified atom stereocenters. The molecule has 0 spiro atoms. The Bertz CT molecular complexity index is 990. The zero-order valence-electron chi connectivity index (χ0n) is 16.5. The number of amides is 1. The second-order valence-electron chi connectivity index (χ2n) is 8.11. The Morgan fingerprint density at radius 2 is 1.93 bits per heavy atom. The molecule has 154 valence electrons. The van der Waals surface area contributed by atoms with E-state index in [-0.39, 0.29) is 22.7 Å². The topological polar surface area (TPSA) is 72.3 Å². The van der Waals surface area contributed by atoms with Gasteiger partial charge >= 0.3 is 0 Å². The van der Waals surface area contributed by atoms with Crippen molar-refractivity contribution in [2.45, 2.75) is 49.7 Å². The number of nitrogens with zero attached hydrogens (tertiary/aromatic N) is 3. The SMILES string of the molecule is C=CCn1c(CN(CC2CC2)C(=O)C2CC2)cnc1S(=O)(=O)Cc1ccccc1. The van der Waals surface area contributed by atoms with E-state index in [0.29, 0.717) is 19.0 Å². The molecular weight excluding hydrogens is 386 g/mol. The van der Waals surface area contributed by atoms with Gasteiger partial charge in [-0.3, -0.25) is 4.79 Å². The van der Waals surface area contributed by atoms with E-state index in [1.807, 2.05) is 23.1 Å². The van der Waals surface area contributed by atoms with Crippen LogP contribution in [0.25, 0.3) is 0 Å². The third-order valence-electron chi connectivity index (χ3n) is 5.46. The molecule has 1 aromatic carbocycles. The smallest absolute Gasteiger partial charge is 0.228 e. The first-order valence-electron chi connectivity index (χ1n) is 10.2. The van der Waals surface area contributed by atoms with E-state index in [2.05, 4.69) is 11.6 Å². The number of benzene rings is 1. The van der Waals surface area contributed by atoms with Crippen LogP contribution >= 0.6 is 0 Å². The van der Waals surface area contributed by atoms with Crippen molar-refractivity contribution in [3.8, 4) is 0 Å². The summed E-state index contributed by atoms with van der Waals surface area (Å²) >= 11 is 0. The fourth-order valence-corrected chi connectivity index (χ4v) is 5.08. The Labute approximate surface area is 172 Å². The number of imidazole rings is 1. The first-order valence-corrected chi connectivity index (χ1v) is 11.8. The summed E-state index contributed by atoms with van der Waals surface area (Å²) in [5.41, 5.74) is 1.47. The third kappa shape index (κ3) is 4.78. The largest absolute Gasteiger partial charge is 0.336 e. The Balaban J connectivity index is 1.59. The maximum Gasteiger partial charge on any atom is 0.228 e. The molecule has 0 N–H and O–H groups in total. The standard InChI is InChI=1S/C22H27N3O3S/c1-2-12-25-20(15-24(14-17-8-9-17)21(26)19-10-11-19)13-23-22(25)29(27,28)16-18-6-4-3-5-7-18/h2-7,13,17,19H,1,8-12,14-16H2. The highest BCUT2D eigenvalue weighted by Crippen LogP contribution is 2.35. The third-order valence-corrected chi connectivity index (χ3v) is 7.05. The van der Waals surface area contributed by atoms with E-state index >= 15 is 0 Å². The van der Waals surface area contributed by atoms with Crippen molar-refractivity contribution in [1.82, 2.24) is 14.5 Å². The minimum absolute atomic E-state index is 0.0431. The molecule has 2 fully saturated rings. The number of carbonyl (C=O) groups is 1. The van der Waals surface area contributed by atoms with Crippen molar-refractivity contribution in [2.75, 3.05) is 6.54 Å². The van der Waals surface area contributed by atoms with Gasteiger partial charge in [-0.1, -0.05) is 36.4 Å². The molecule has 2 aromatic rings. The normalized spacial score (nSPS) is 16.6. The van der Waals surface area contributed by atoms with Crippen molar-refractivity contribution in [3.63, 3.8) is 0 Å². The summed E-state index contributed by atoms with van der Waals surface area (Å²) in [6, 6.07) is 9.10. The van der Waals surface area contributed by atoms with E-state index in [4.69, 9.17) is 0 Å². The fourth-order valence-electron chi connectivity index (χ4n) is 3.58. The molecule has 2 saturated carbocycles. The minimum atomic E-state index is -3.62. The van der Waals surface area contributed by atoms with Crippen molar-refractivity contribution in [3.05, 3.63) is 60.4 Å². The van der Waals surface area contributed by atoms with Crippen LogP contribution in [-0.4, -0.2) is 35.3 Å². The summed E-state index contributed by atoms with van der Waals surface area (Å²) in [6.45, 7) is 5.26. The van der Waals surface area contributed by atoms with Gasteiger partial charge in [-0.15, -0.1) is 6.58 Å². The lowest BCUT2D eigenvalue weighted by molar-refractivity contribution is -0.133. The van der Waals surface area contributed by atoms with Crippen LogP contribution in [0.3, 0.4) is 0 Å². The van der Waals surface area contributed by atoms with Crippen LogP contribution in [0.5, 0.6) is 0 Å². The van der Waals surface area contributed by atoms with Crippen molar-refractivity contribution in [1.29, 1.82) is 0 Å². The molecule has 1 aromatic heterocycles. The van der Waals surface area contributed by atoms with E-state index < -0.39 is 9.84 Å². The van der Waals surface area contributed by atoms with Crippen LogP contribution < -0.4 is 0 Å². The molecule has 2 aliphatic carbocycles. The van der Waals surface area contributed by atoms with Crippen LogP contribution in [0, 0.1) is 11.8 Å². The highest BCUT2D eigenvalue weighted by molar-refractivity contribution is 7.90. The molecule has 0 saturated heterocycles. The number of hydrogen-bond donors (Lipinski definition) is 0. The molecule has 0 aliphatic heterocycles. The highest BCUT2D eigenvalue weighted by atomic mass is 32.2. The highest BCUT2D eigenvalue weighted by Gasteiger charge is 2.36. The number of rotatable bonds is 10. The van der Waals surface area contributed by atoms with E-state index in [9.17, 15) is 13.2 Å². The minimum Gasteiger partial charge on any atom is -0.336 e. The average Bonchev–Trinajstić information content (AvgIpc) is 3.61. The predicted octanol–water partition coefficient (Wildman–Crippen LogP) is 3.19. The molecule has 1 amide bonds. The quantitative estimate of drug-likeness (QED) is 0.561. The van der Waals surface area contributed by atoms with Crippen LogP contribution in [0.2, 0.25) is 0 Å². The van der Waals surface area contributed by atoms with E-state index in [1.54, 1.807) is 29.0 Å². The molecule has 0 radical (unpaired) electrons. The second-order valence-corrected chi connectivity index (χ2v) is 10.00. The summed E-state index contributed by atoms with van der Waals surface area (Å²) in [6.07, 6.45) is 7.52. The van der Waals surface area contributed by atoms with E-state index in [0.717, 1.165) is 43.5 Å². The van der Waals surface area contributed by atoms with Crippen molar-refractivity contribution < 1.29 is 13.2 Å². The van der Waals surface area contributed by atoms with Gasteiger partial charge < -0.3 is 9.47 Å². The Morgan fingerprint density at radius 1 is 1.21 bits per heavy atom. The zero-order chi connectivity index (χ0) is 20.4. The van der Waals surface area contributed by atoms with Gasteiger partial charge in [0, 0.05) is 19.0 Å². The molecule has 6 nitrogen and oxygen atoms in total. The summed E-state index contributed by atoms with van der Waals surface area (Å²) < 4.78 is 27.8. The molecule has 0 atom stereocenters. The van der Waals surface area contributed by atoms with Crippen LogP contribution in [0.1, 0.15) is 36.9 Å². The Hall–Kier alpha value is -2.41. The Morgan fingerprint density at radius 3 is 2.55 bits per heavy atom. The predicted molar refractivity (Wildman–Crippen MR) is 111 cm³/mol. The molecule has 7 heteroatoms. The van der Waals surface area contributed by atoms with Crippen molar-refractivity contribution >= 4 is 15.7 Å². The van der Waals surface area contributed by atoms with Gasteiger partial charge in [0.15, 0.2) is 0 Å². The number of sulfone groups is 1. The maximum absolute atomic E-state index is 13.0. The molecule has 2 aliphatic rings. The lowest BCUT2D eigenvalue weighted by Crippen LogP contribution is -2.34. The number of allylic oxidation sites excluding steroid dienone is 1. The second kappa shape index (κ2) is 8.14. The summed E-state index contributed by atoms with van der Waals surface area (Å²) in [7, 11) is -3.62. The number of hydrogen-bond acceptors (Lipinski definition) is 4. The van der Waals surface area contributed by atoms with Gasteiger partial charge in [0.25, 0.3) is 0 Å². The first kappa shape index (κ1) is 19.9. The summed E-state index contributed by atoms with van der Waals surface area (Å²) in [5.74, 6) is 0.811. The monoisotopic (exact) mass is 413 g/mol. The van der Waals surface area contributed by atoms with Gasteiger partial charge in [-0.2, -0.15) is 0 Å². The Kier molecular flexibility index (Phi) is 5.58. The van der Waals surface area contributed by atoms with Crippen molar-refractivity contribution in [2.24, 2.45) is 11.8 Å². The average molecular weight is 414 g/mol. The van der Waals surface area contributed by atoms with Gasteiger partial charge in [-0.25, -0.2) is 13.4 Å². The van der Waals surface area contributed by atoms with Gasteiger partial charge in [-0.05, 0) is 37.2 Å². The van der Waals surface area contributed by atoms with Gasteiger partial charge in [0.1, 0.15) is 0 Å². The molecule has 4 rings (SSSR count). The lowest BCUT2D eigenvalue weighted by Gasteiger charge is -2.23. The summed E-state index contributed by atoms with van der Waals surface area (Å²) in [4.78, 5) is 18.9. The van der Waals surface area contributed by atoms with Crippen LogP contribution in [-0.2, 0) is 33.5 Å². The van der Waals surface area contributed by atoms with Crippen LogP contribution in [0.15, 0.2) is 54.3 Å².